The molecule has 0 unspecified atom stereocenters. The summed E-state index contributed by atoms with van der Waals surface area (Å²) >= 11 is 5.72. The van der Waals surface area contributed by atoms with Gasteiger partial charge in [0, 0.05) is 7.11 Å². The molecule has 0 saturated carbocycles. The molecule has 3 nitrogen and oxygen atoms in total. The molecule has 0 radical (unpaired) electrons. The predicted octanol–water partition coefficient (Wildman–Crippen LogP) is 2.18. The van der Waals surface area contributed by atoms with Crippen LogP contribution < -0.4 is 0 Å². The van der Waals surface area contributed by atoms with Gasteiger partial charge in [-0.15, -0.1) is 0 Å². The first-order valence-corrected chi connectivity index (χ1v) is 4.03. The number of carbonyl (C=O) groups is 1. The van der Waals surface area contributed by atoms with Gasteiger partial charge in [0.2, 0.25) is 0 Å². The van der Waals surface area contributed by atoms with E-state index in [2.05, 4.69) is 0 Å². The third kappa shape index (κ3) is 2.44. The second-order valence-corrected chi connectivity index (χ2v) is 2.96. The van der Waals surface area contributed by atoms with Crippen LogP contribution in [0.3, 0.4) is 0 Å². The highest BCUT2D eigenvalue weighted by Crippen LogP contribution is 2.18. The highest BCUT2D eigenvalue weighted by atomic mass is 35.5. The van der Waals surface area contributed by atoms with Crippen LogP contribution in [0.5, 0.6) is 0 Å². The van der Waals surface area contributed by atoms with Gasteiger partial charge in [-0.1, -0.05) is 17.7 Å². The van der Waals surface area contributed by atoms with Crippen LogP contribution in [0.15, 0.2) is 18.2 Å². The Morgan fingerprint density at radius 2 is 2.31 bits per heavy atom. The number of carboxylic acid groups (broad SMARTS) is 1. The molecule has 0 saturated heterocycles. The van der Waals surface area contributed by atoms with Crippen molar-refractivity contribution >= 4 is 17.6 Å². The van der Waals surface area contributed by atoms with E-state index in [9.17, 15) is 4.79 Å². The van der Waals surface area contributed by atoms with Crippen LogP contribution in [-0.4, -0.2) is 18.2 Å². The summed E-state index contributed by atoms with van der Waals surface area (Å²) in [5, 5.41) is 8.91. The topological polar surface area (TPSA) is 46.5 Å². The van der Waals surface area contributed by atoms with Crippen LogP contribution in [0.2, 0.25) is 5.02 Å². The molecule has 0 bridgehead atoms. The molecule has 1 N–H and O–H groups in total. The maximum atomic E-state index is 10.6. The van der Waals surface area contributed by atoms with Crippen molar-refractivity contribution in [2.75, 3.05) is 7.11 Å². The molecule has 1 rings (SSSR count). The summed E-state index contributed by atoms with van der Waals surface area (Å²) in [6.45, 7) is 0.430. The van der Waals surface area contributed by atoms with Gasteiger partial charge >= 0.3 is 5.97 Å². The summed E-state index contributed by atoms with van der Waals surface area (Å²) < 4.78 is 4.88. The van der Waals surface area contributed by atoms with E-state index in [1.807, 2.05) is 0 Å². The molecule has 0 spiro atoms. The van der Waals surface area contributed by atoms with Crippen LogP contribution >= 0.6 is 11.6 Å². The van der Waals surface area contributed by atoms with Crippen molar-refractivity contribution in [2.45, 2.75) is 6.61 Å². The fraction of sp³-hybridized carbons (Fsp3) is 0.222. The highest BCUT2D eigenvalue weighted by molar-refractivity contribution is 6.33. The minimum Gasteiger partial charge on any atom is -0.478 e. The first-order valence-electron chi connectivity index (χ1n) is 3.66. The zero-order valence-corrected chi connectivity index (χ0v) is 7.84. The van der Waals surface area contributed by atoms with Crippen molar-refractivity contribution in [1.29, 1.82) is 0 Å². The van der Waals surface area contributed by atoms with Crippen molar-refractivity contribution in [3.8, 4) is 0 Å². The molecule has 13 heavy (non-hydrogen) atoms. The molecule has 0 aromatic heterocycles. The lowest BCUT2D eigenvalue weighted by Crippen LogP contribution is -1.98. The average molecular weight is 201 g/mol. The van der Waals surface area contributed by atoms with E-state index < -0.39 is 5.97 Å². The van der Waals surface area contributed by atoms with Crippen molar-refractivity contribution < 1.29 is 14.6 Å². The largest absolute Gasteiger partial charge is 0.478 e. The molecule has 1 aromatic rings. The second-order valence-electron chi connectivity index (χ2n) is 2.55. The molecule has 1 aromatic carbocycles. The van der Waals surface area contributed by atoms with Gasteiger partial charge < -0.3 is 9.84 Å². The van der Waals surface area contributed by atoms with Crippen LogP contribution in [0.1, 0.15) is 15.9 Å². The Kier molecular flexibility index (Phi) is 3.28. The molecule has 0 amide bonds. The molecule has 0 aliphatic heterocycles. The summed E-state index contributed by atoms with van der Waals surface area (Å²) in [6.07, 6.45) is 0. The van der Waals surface area contributed by atoms with Crippen molar-refractivity contribution in [2.24, 2.45) is 0 Å². The number of aromatic carboxylic acids is 1. The molecule has 0 fully saturated rings. The van der Waals surface area contributed by atoms with Crippen molar-refractivity contribution in [3.63, 3.8) is 0 Å². The van der Waals surface area contributed by atoms with Gasteiger partial charge in [0.1, 0.15) is 0 Å². The molecule has 70 valence electrons. The van der Waals surface area contributed by atoms with Gasteiger partial charge in [-0.25, -0.2) is 4.79 Å². The minimum atomic E-state index is -1.02. The number of hydrogen-bond acceptors (Lipinski definition) is 2. The standard InChI is InChI=1S/C9H9ClO3/c1-13-5-6-2-3-7(9(11)12)8(10)4-6/h2-4H,5H2,1H3,(H,11,12). The lowest BCUT2D eigenvalue weighted by atomic mass is 10.1. The van der Waals surface area contributed by atoms with Gasteiger partial charge in [-0.2, -0.15) is 0 Å². The lowest BCUT2D eigenvalue weighted by Gasteiger charge is -2.02. The smallest absolute Gasteiger partial charge is 0.337 e. The van der Waals surface area contributed by atoms with Crippen LogP contribution in [0.25, 0.3) is 0 Å². The third-order valence-electron chi connectivity index (χ3n) is 1.57. The fourth-order valence-electron chi connectivity index (χ4n) is 0.989. The number of halogens is 1. The summed E-state index contributed by atoms with van der Waals surface area (Å²) in [4.78, 5) is 10.6. The predicted molar refractivity (Wildman–Crippen MR) is 49.1 cm³/mol. The quantitative estimate of drug-likeness (QED) is 0.814. The Morgan fingerprint density at radius 1 is 1.62 bits per heavy atom. The lowest BCUT2D eigenvalue weighted by molar-refractivity contribution is 0.0697. The number of rotatable bonds is 3. The van der Waals surface area contributed by atoms with Crippen LogP contribution in [-0.2, 0) is 11.3 Å². The molecular weight excluding hydrogens is 192 g/mol. The summed E-state index contributed by atoms with van der Waals surface area (Å²) in [7, 11) is 1.57. The number of ether oxygens (including phenoxy) is 1. The van der Waals surface area contributed by atoms with E-state index in [4.69, 9.17) is 21.4 Å². The zero-order chi connectivity index (χ0) is 9.84. The van der Waals surface area contributed by atoms with Gasteiger partial charge in [0.15, 0.2) is 0 Å². The molecule has 0 heterocycles. The first kappa shape index (κ1) is 10.0. The molecule has 0 aliphatic carbocycles. The summed E-state index contributed by atoms with van der Waals surface area (Å²) in [5.74, 6) is -1.02. The van der Waals surface area contributed by atoms with Crippen LogP contribution in [0.4, 0.5) is 0 Å². The third-order valence-corrected chi connectivity index (χ3v) is 1.89. The Balaban J connectivity index is 2.98. The van der Waals surface area contributed by atoms with E-state index in [0.717, 1.165) is 5.56 Å². The van der Waals surface area contributed by atoms with Crippen LogP contribution in [0, 0.1) is 0 Å². The van der Waals surface area contributed by atoms with Crippen molar-refractivity contribution in [1.82, 2.24) is 0 Å². The maximum Gasteiger partial charge on any atom is 0.337 e. The summed E-state index contributed by atoms with van der Waals surface area (Å²) in [6, 6.07) is 4.74. The monoisotopic (exact) mass is 200 g/mol. The average Bonchev–Trinajstić information content (AvgIpc) is 2.04. The number of methoxy groups -OCH3 is 1. The number of benzene rings is 1. The highest BCUT2D eigenvalue weighted by Gasteiger charge is 2.08. The Morgan fingerprint density at radius 3 is 2.77 bits per heavy atom. The number of hydrogen-bond donors (Lipinski definition) is 1. The van der Waals surface area contributed by atoms with E-state index in [1.165, 1.54) is 6.07 Å². The zero-order valence-electron chi connectivity index (χ0n) is 7.08. The van der Waals surface area contributed by atoms with Gasteiger partial charge in [-0.05, 0) is 17.7 Å². The minimum absolute atomic E-state index is 0.113. The normalized spacial score (nSPS) is 10.0. The Bertz CT molecular complexity index is 323. The van der Waals surface area contributed by atoms with Crippen molar-refractivity contribution in [3.05, 3.63) is 34.3 Å². The fourth-order valence-corrected chi connectivity index (χ4v) is 1.27. The maximum absolute atomic E-state index is 10.6. The molecule has 0 aliphatic rings. The Labute approximate surface area is 80.9 Å². The molecule has 0 atom stereocenters. The Hall–Kier alpha value is -1.06. The second kappa shape index (κ2) is 4.25. The number of carboxylic acids is 1. The van der Waals surface area contributed by atoms with Gasteiger partial charge in [0.25, 0.3) is 0 Å². The first-order chi connectivity index (χ1) is 6.15. The molecule has 4 heteroatoms. The van der Waals surface area contributed by atoms with E-state index in [-0.39, 0.29) is 10.6 Å². The van der Waals surface area contributed by atoms with Gasteiger partial charge in [-0.3, -0.25) is 0 Å². The van der Waals surface area contributed by atoms with E-state index in [1.54, 1.807) is 19.2 Å². The van der Waals surface area contributed by atoms with Gasteiger partial charge in [0.05, 0.1) is 17.2 Å². The SMILES string of the molecule is COCc1ccc(C(=O)O)c(Cl)c1. The summed E-state index contributed by atoms with van der Waals surface area (Å²) in [5.41, 5.74) is 0.971. The van der Waals surface area contributed by atoms with E-state index in [0.29, 0.717) is 6.61 Å². The molecular formula is C9H9ClO3. The van der Waals surface area contributed by atoms with E-state index >= 15 is 0 Å².